The quantitative estimate of drug-likeness (QED) is 0.446. The highest BCUT2D eigenvalue weighted by Gasteiger charge is 2.59. The van der Waals surface area contributed by atoms with Crippen molar-refractivity contribution in [3.8, 4) is 5.75 Å². The number of hydrogen-bond acceptors (Lipinski definition) is 5. The molecule has 1 aliphatic heterocycles. The SMILES string of the molecule is CC(Oc1c(Cl)cc(C=NN2C(=O)C3C4C=CC(C4)C3C2=O)cc1Cl)C(=O)O. The molecule has 0 spiro atoms. The highest BCUT2D eigenvalue weighted by molar-refractivity contribution is 6.37. The number of benzene rings is 1. The second kappa shape index (κ2) is 6.90. The summed E-state index contributed by atoms with van der Waals surface area (Å²) in [6, 6.07) is 2.94. The lowest BCUT2D eigenvalue weighted by Crippen LogP contribution is -2.28. The van der Waals surface area contributed by atoms with Crippen LogP contribution in [0.1, 0.15) is 18.9 Å². The highest BCUT2D eigenvalue weighted by atomic mass is 35.5. The van der Waals surface area contributed by atoms with Gasteiger partial charge < -0.3 is 9.84 Å². The Hall–Kier alpha value is -2.38. The van der Waals surface area contributed by atoms with Gasteiger partial charge in [-0.25, -0.2) is 4.79 Å². The molecule has 2 bridgehead atoms. The average Bonchev–Trinajstić information content (AvgIpc) is 3.31. The second-order valence-electron chi connectivity index (χ2n) is 7.14. The number of carboxylic acids is 1. The van der Waals surface area contributed by atoms with Crippen LogP contribution < -0.4 is 4.74 Å². The molecule has 146 valence electrons. The molecule has 5 unspecified atom stereocenters. The summed E-state index contributed by atoms with van der Waals surface area (Å²) in [5, 5.41) is 14.1. The zero-order chi connectivity index (χ0) is 20.2. The molecule has 1 heterocycles. The molecule has 0 radical (unpaired) electrons. The summed E-state index contributed by atoms with van der Waals surface area (Å²) in [6.07, 6.45) is 5.08. The van der Waals surface area contributed by atoms with Crippen molar-refractivity contribution in [3.05, 3.63) is 39.9 Å². The highest BCUT2D eigenvalue weighted by Crippen LogP contribution is 2.52. The Morgan fingerprint density at radius 2 is 1.75 bits per heavy atom. The van der Waals surface area contributed by atoms with Crippen LogP contribution in [0, 0.1) is 23.7 Å². The molecule has 2 fully saturated rings. The number of carboxylic acid groups (broad SMARTS) is 1. The summed E-state index contributed by atoms with van der Waals surface area (Å²) in [4.78, 5) is 36.2. The molecule has 28 heavy (non-hydrogen) atoms. The van der Waals surface area contributed by atoms with Gasteiger partial charge in [-0.05, 0) is 42.9 Å². The van der Waals surface area contributed by atoms with Crippen LogP contribution in [-0.4, -0.2) is 40.2 Å². The van der Waals surface area contributed by atoms with E-state index in [-0.39, 0.29) is 51.3 Å². The van der Waals surface area contributed by atoms with E-state index in [2.05, 4.69) is 5.10 Å². The fourth-order valence-corrected chi connectivity index (χ4v) is 4.71. The van der Waals surface area contributed by atoms with Crippen LogP contribution in [0.25, 0.3) is 0 Å². The first-order chi connectivity index (χ1) is 13.3. The Balaban J connectivity index is 1.53. The van der Waals surface area contributed by atoms with Gasteiger partial charge in [-0.2, -0.15) is 10.1 Å². The molecular weight excluding hydrogens is 407 g/mol. The fourth-order valence-electron chi connectivity index (χ4n) is 4.12. The van der Waals surface area contributed by atoms with E-state index in [4.69, 9.17) is 33.0 Å². The van der Waals surface area contributed by atoms with Crippen LogP contribution in [0.4, 0.5) is 0 Å². The van der Waals surface area contributed by atoms with Crippen LogP contribution in [0.5, 0.6) is 5.75 Å². The summed E-state index contributed by atoms with van der Waals surface area (Å²) in [5.41, 5.74) is 0.448. The zero-order valence-corrected chi connectivity index (χ0v) is 16.2. The molecule has 4 rings (SSSR count). The fraction of sp³-hybridized carbons (Fsp3) is 0.368. The van der Waals surface area contributed by atoms with Crippen LogP contribution >= 0.6 is 23.2 Å². The Morgan fingerprint density at radius 1 is 1.21 bits per heavy atom. The number of aliphatic carboxylic acids is 1. The summed E-state index contributed by atoms with van der Waals surface area (Å²) >= 11 is 12.3. The largest absolute Gasteiger partial charge is 0.479 e. The first-order valence-electron chi connectivity index (χ1n) is 8.76. The van der Waals surface area contributed by atoms with E-state index in [9.17, 15) is 14.4 Å². The minimum absolute atomic E-state index is 0.0425. The van der Waals surface area contributed by atoms with Gasteiger partial charge in [-0.1, -0.05) is 35.4 Å². The molecule has 1 N–H and O–H groups in total. The van der Waals surface area contributed by atoms with E-state index in [1.807, 2.05) is 12.2 Å². The van der Waals surface area contributed by atoms with Gasteiger partial charge in [0.15, 0.2) is 11.9 Å². The number of hydrazone groups is 1. The smallest absolute Gasteiger partial charge is 0.344 e. The number of halogens is 2. The Morgan fingerprint density at radius 3 is 2.25 bits per heavy atom. The molecule has 1 saturated carbocycles. The predicted molar refractivity (Wildman–Crippen MR) is 101 cm³/mol. The van der Waals surface area contributed by atoms with Crippen molar-refractivity contribution in [2.45, 2.75) is 19.4 Å². The van der Waals surface area contributed by atoms with Gasteiger partial charge in [0.2, 0.25) is 0 Å². The molecule has 5 atom stereocenters. The molecule has 1 aromatic rings. The molecule has 2 aliphatic carbocycles. The van der Waals surface area contributed by atoms with Crippen molar-refractivity contribution in [2.24, 2.45) is 28.8 Å². The summed E-state index contributed by atoms with van der Waals surface area (Å²) in [6.45, 7) is 1.35. The number of allylic oxidation sites excluding steroid dienone is 2. The van der Waals surface area contributed by atoms with E-state index in [0.29, 0.717) is 5.56 Å². The number of imide groups is 1. The third-order valence-electron chi connectivity index (χ3n) is 5.43. The first-order valence-corrected chi connectivity index (χ1v) is 9.52. The van der Waals surface area contributed by atoms with Crippen molar-refractivity contribution in [1.82, 2.24) is 5.01 Å². The maximum Gasteiger partial charge on any atom is 0.344 e. The monoisotopic (exact) mass is 422 g/mol. The average molecular weight is 423 g/mol. The lowest BCUT2D eigenvalue weighted by atomic mass is 9.85. The van der Waals surface area contributed by atoms with Crippen molar-refractivity contribution in [3.63, 3.8) is 0 Å². The lowest BCUT2D eigenvalue weighted by molar-refractivity contribution is -0.144. The van der Waals surface area contributed by atoms with Crippen molar-refractivity contribution >= 4 is 47.2 Å². The summed E-state index contributed by atoms with van der Waals surface area (Å²) in [5.74, 6) is -2.09. The number of ether oxygens (including phenoxy) is 1. The predicted octanol–water partition coefficient (Wildman–Crippen LogP) is 2.99. The van der Waals surface area contributed by atoms with Gasteiger partial charge in [0.25, 0.3) is 11.8 Å². The zero-order valence-electron chi connectivity index (χ0n) is 14.7. The van der Waals surface area contributed by atoms with Crippen molar-refractivity contribution in [2.75, 3.05) is 0 Å². The number of carbonyl (C=O) groups is 3. The van der Waals surface area contributed by atoms with Gasteiger partial charge in [-0.3, -0.25) is 9.59 Å². The number of amides is 2. The minimum atomic E-state index is -1.15. The van der Waals surface area contributed by atoms with Crippen LogP contribution in [0.3, 0.4) is 0 Å². The Labute approximate surface area is 170 Å². The molecular formula is C19H16Cl2N2O5. The lowest BCUT2D eigenvalue weighted by Gasteiger charge is -2.14. The van der Waals surface area contributed by atoms with Gasteiger partial charge in [-0.15, -0.1) is 0 Å². The second-order valence-corrected chi connectivity index (χ2v) is 7.96. The molecule has 3 aliphatic rings. The number of hydrogen-bond donors (Lipinski definition) is 1. The van der Waals surface area contributed by atoms with Crippen LogP contribution in [-0.2, 0) is 14.4 Å². The van der Waals surface area contributed by atoms with Gasteiger partial charge >= 0.3 is 5.97 Å². The number of nitrogens with zero attached hydrogens (tertiary/aromatic N) is 2. The van der Waals surface area contributed by atoms with E-state index < -0.39 is 12.1 Å². The van der Waals surface area contributed by atoms with Crippen molar-refractivity contribution in [1.29, 1.82) is 0 Å². The normalized spacial score (nSPS) is 29.0. The van der Waals surface area contributed by atoms with E-state index >= 15 is 0 Å². The molecule has 2 amide bonds. The maximum atomic E-state index is 12.6. The van der Waals surface area contributed by atoms with E-state index in [0.717, 1.165) is 11.4 Å². The summed E-state index contributed by atoms with van der Waals surface area (Å²) in [7, 11) is 0. The Bertz CT molecular complexity index is 891. The van der Waals surface area contributed by atoms with Crippen molar-refractivity contribution < 1.29 is 24.2 Å². The van der Waals surface area contributed by atoms with Gasteiger partial charge in [0.1, 0.15) is 0 Å². The topological polar surface area (TPSA) is 96.3 Å². The standard InChI is InChI=1S/C19H16Cl2N2O5/c1-8(19(26)27)28-16-12(20)4-9(5-13(16)21)7-22-23-17(24)14-10-2-3-11(6-10)15(14)18(23)25/h2-5,7-8,10-11,14-15H,6H2,1H3,(H,26,27). The maximum absolute atomic E-state index is 12.6. The molecule has 7 nitrogen and oxygen atoms in total. The number of carbonyl (C=O) groups excluding carboxylic acids is 2. The minimum Gasteiger partial charge on any atom is -0.479 e. The molecule has 0 aromatic heterocycles. The molecule has 9 heteroatoms. The van der Waals surface area contributed by atoms with E-state index in [1.165, 1.54) is 25.3 Å². The third kappa shape index (κ3) is 2.99. The van der Waals surface area contributed by atoms with Crippen LogP contribution in [0.15, 0.2) is 29.4 Å². The van der Waals surface area contributed by atoms with E-state index in [1.54, 1.807) is 0 Å². The van der Waals surface area contributed by atoms with Crippen LogP contribution in [0.2, 0.25) is 10.0 Å². The van der Waals surface area contributed by atoms with Gasteiger partial charge in [0, 0.05) is 0 Å². The third-order valence-corrected chi connectivity index (χ3v) is 5.99. The molecule has 1 saturated heterocycles. The Kier molecular flexibility index (Phi) is 4.67. The number of rotatable bonds is 5. The molecule has 1 aromatic carbocycles. The first kappa shape index (κ1) is 19.0. The van der Waals surface area contributed by atoms with Gasteiger partial charge in [0.05, 0.1) is 28.1 Å². The summed E-state index contributed by atoms with van der Waals surface area (Å²) < 4.78 is 5.25. The number of fused-ring (bicyclic) bond motifs is 5.